The van der Waals surface area contributed by atoms with Gasteiger partial charge in [-0.2, -0.15) is 0 Å². The Kier molecular flexibility index (Phi) is 4.25. The average molecular weight is 248 g/mol. The van der Waals surface area contributed by atoms with Crippen LogP contribution < -0.4 is 0 Å². The summed E-state index contributed by atoms with van der Waals surface area (Å²) in [6.07, 6.45) is 8.34. The van der Waals surface area contributed by atoms with Crippen LogP contribution in [0.15, 0.2) is 18.6 Å². The summed E-state index contributed by atoms with van der Waals surface area (Å²) in [6.45, 7) is 1.28. The van der Waals surface area contributed by atoms with Gasteiger partial charge in [-0.25, -0.2) is 0 Å². The quantitative estimate of drug-likeness (QED) is 0.803. The van der Waals surface area contributed by atoms with Crippen LogP contribution in [0.1, 0.15) is 31.0 Å². The lowest BCUT2D eigenvalue weighted by molar-refractivity contribution is -0.135. The number of hydrogen-bond acceptors (Lipinski definition) is 4. The van der Waals surface area contributed by atoms with E-state index in [0.717, 1.165) is 31.5 Å². The fraction of sp³-hybridized carbons (Fsp3) is 0.615. The van der Waals surface area contributed by atoms with Gasteiger partial charge in [0.05, 0.1) is 24.5 Å². The van der Waals surface area contributed by atoms with Gasteiger partial charge in [0.15, 0.2) is 0 Å². The van der Waals surface area contributed by atoms with Crippen molar-refractivity contribution in [1.29, 1.82) is 0 Å². The summed E-state index contributed by atoms with van der Waals surface area (Å²) < 4.78 is 0. The van der Waals surface area contributed by atoms with Crippen molar-refractivity contribution in [2.75, 3.05) is 27.2 Å². The van der Waals surface area contributed by atoms with E-state index in [-0.39, 0.29) is 11.9 Å². The second kappa shape index (κ2) is 5.91. The van der Waals surface area contributed by atoms with Crippen molar-refractivity contribution in [1.82, 2.24) is 19.8 Å². The molecule has 1 aliphatic rings. The first-order valence-electron chi connectivity index (χ1n) is 6.38. The summed E-state index contributed by atoms with van der Waals surface area (Å²) in [4.78, 5) is 24.5. The summed E-state index contributed by atoms with van der Waals surface area (Å²) in [5.41, 5.74) is 0.907. The van der Waals surface area contributed by atoms with Gasteiger partial charge in [-0.1, -0.05) is 0 Å². The zero-order valence-corrected chi connectivity index (χ0v) is 11.0. The minimum atomic E-state index is 0.0971. The van der Waals surface area contributed by atoms with Crippen LogP contribution in [0.5, 0.6) is 0 Å². The summed E-state index contributed by atoms with van der Waals surface area (Å²) in [5.74, 6) is 0.176. The Labute approximate surface area is 108 Å². The maximum absolute atomic E-state index is 12.2. The van der Waals surface area contributed by atoms with Crippen LogP contribution in [0.25, 0.3) is 0 Å². The zero-order valence-electron chi connectivity index (χ0n) is 11.0. The molecule has 2 heterocycles. The Morgan fingerprint density at radius 2 is 2.28 bits per heavy atom. The van der Waals surface area contributed by atoms with Gasteiger partial charge in [-0.15, -0.1) is 0 Å². The molecule has 1 fully saturated rings. The summed E-state index contributed by atoms with van der Waals surface area (Å²) in [5, 5.41) is 0. The first-order valence-corrected chi connectivity index (χ1v) is 6.38. The van der Waals surface area contributed by atoms with Crippen LogP contribution in [-0.4, -0.2) is 52.9 Å². The number of carbonyl (C=O) groups excluding carboxylic acids is 1. The van der Waals surface area contributed by atoms with E-state index >= 15 is 0 Å². The van der Waals surface area contributed by atoms with Crippen LogP contribution in [0.4, 0.5) is 0 Å². The Balaban J connectivity index is 2.13. The summed E-state index contributed by atoms with van der Waals surface area (Å²) >= 11 is 0. The van der Waals surface area contributed by atoms with Crippen molar-refractivity contribution in [2.24, 2.45) is 0 Å². The molecule has 0 aromatic carbocycles. The van der Waals surface area contributed by atoms with E-state index in [4.69, 9.17) is 0 Å². The smallest absolute Gasteiger partial charge is 0.237 e. The second-order valence-corrected chi connectivity index (χ2v) is 4.97. The lowest BCUT2D eigenvalue weighted by Gasteiger charge is -2.35. The molecule has 0 aliphatic carbocycles. The molecule has 0 N–H and O–H groups in total. The van der Waals surface area contributed by atoms with Crippen molar-refractivity contribution in [3.8, 4) is 0 Å². The molecule has 1 atom stereocenters. The molecule has 1 aromatic rings. The maximum Gasteiger partial charge on any atom is 0.237 e. The Hall–Kier alpha value is -1.49. The number of hydrogen-bond donors (Lipinski definition) is 0. The lowest BCUT2D eigenvalue weighted by atomic mass is 9.99. The van der Waals surface area contributed by atoms with Gasteiger partial charge in [0, 0.05) is 18.9 Å². The maximum atomic E-state index is 12.2. The molecule has 2 rings (SSSR count). The third kappa shape index (κ3) is 3.04. The van der Waals surface area contributed by atoms with Crippen LogP contribution >= 0.6 is 0 Å². The first kappa shape index (κ1) is 13.0. The fourth-order valence-corrected chi connectivity index (χ4v) is 2.38. The van der Waals surface area contributed by atoms with E-state index in [0.29, 0.717) is 6.54 Å². The number of rotatable bonds is 3. The molecule has 18 heavy (non-hydrogen) atoms. The van der Waals surface area contributed by atoms with Crippen molar-refractivity contribution >= 4 is 5.91 Å². The van der Waals surface area contributed by atoms with Gasteiger partial charge in [-0.3, -0.25) is 14.8 Å². The number of aromatic nitrogens is 2. The molecule has 0 bridgehead atoms. The minimum absolute atomic E-state index is 0.0971. The predicted octanol–water partition coefficient (Wildman–Crippen LogP) is 1.09. The highest BCUT2D eigenvalue weighted by Gasteiger charge is 2.28. The van der Waals surface area contributed by atoms with Gasteiger partial charge in [0.25, 0.3) is 0 Å². The van der Waals surface area contributed by atoms with Crippen LogP contribution in [0.3, 0.4) is 0 Å². The zero-order chi connectivity index (χ0) is 13.0. The molecule has 1 aliphatic heterocycles. The molecule has 5 heteroatoms. The van der Waals surface area contributed by atoms with Gasteiger partial charge in [-0.05, 0) is 33.4 Å². The number of amides is 1. The Bertz CT molecular complexity index is 393. The van der Waals surface area contributed by atoms with E-state index in [1.54, 1.807) is 18.6 Å². The number of nitrogens with zero attached hydrogens (tertiary/aromatic N) is 4. The highest BCUT2D eigenvalue weighted by Crippen LogP contribution is 2.29. The van der Waals surface area contributed by atoms with Crippen LogP contribution in [0, 0.1) is 0 Å². The summed E-state index contributed by atoms with van der Waals surface area (Å²) in [7, 11) is 3.83. The van der Waals surface area contributed by atoms with E-state index in [1.807, 2.05) is 23.9 Å². The Morgan fingerprint density at radius 3 is 2.94 bits per heavy atom. The third-order valence-electron chi connectivity index (χ3n) is 3.20. The number of likely N-dealkylation sites (N-methyl/N-ethyl adjacent to an activating group) is 1. The molecular weight excluding hydrogens is 228 g/mol. The second-order valence-electron chi connectivity index (χ2n) is 4.97. The SMILES string of the molecule is CN(C)CC(=O)N1CCCC[C@@H]1c1cnccn1. The molecule has 0 unspecified atom stereocenters. The number of likely N-dealkylation sites (tertiary alicyclic amines) is 1. The molecule has 1 aromatic heterocycles. The number of piperidine rings is 1. The molecule has 0 radical (unpaired) electrons. The first-order chi connectivity index (χ1) is 8.68. The molecule has 1 amide bonds. The number of carbonyl (C=O) groups is 1. The van der Waals surface area contributed by atoms with E-state index < -0.39 is 0 Å². The molecule has 1 saturated heterocycles. The van der Waals surface area contributed by atoms with Crippen molar-refractivity contribution < 1.29 is 4.79 Å². The van der Waals surface area contributed by atoms with Gasteiger partial charge in [0.2, 0.25) is 5.91 Å². The van der Waals surface area contributed by atoms with Crippen molar-refractivity contribution in [2.45, 2.75) is 25.3 Å². The molecule has 0 saturated carbocycles. The van der Waals surface area contributed by atoms with Crippen LogP contribution in [0.2, 0.25) is 0 Å². The molecule has 98 valence electrons. The predicted molar refractivity (Wildman–Crippen MR) is 68.9 cm³/mol. The third-order valence-corrected chi connectivity index (χ3v) is 3.20. The van der Waals surface area contributed by atoms with Gasteiger partial charge >= 0.3 is 0 Å². The van der Waals surface area contributed by atoms with Crippen LogP contribution in [-0.2, 0) is 4.79 Å². The highest BCUT2D eigenvalue weighted by molar-refractivity contribution is 5.78. The Morgan fingerprint density at radius 1 is 1.44 bits per heavy atom. The highest BCUT2D eigenvalue weighted by atomic mass is 16.2. The van der Waals surface area contributed by atoms with Gasteiger partial charge in [0.1, 0.15) is 0 Å². The standard InChI is InChI=1S/C13H20N4O/c1-16(2)10-13(18)17-8-4-3-5-12(17)11-9-14-6-7-15-11/h6-7,9,12H,3-5,8,10H2,1-2H3/t12-/m1/s1. The molecule has 5 nitrogen and oxygen atoms in total. The fourth-order valence-electron chi connectivity index (χ4n) is 2.38. The van der Waals surface area contributed by atoms with E-state index in [2.05, 4.69) is 9.97 Å². The largest absolute Gasteiger partial charge is 0.333 e. The van der Waals surface area contributed by atoms with E-state index in [9.17, 15) is 4.79 Å². The minimum Gasteiger partial charge on any atom is -0.333 e. The lowest BCUT2D eigenvalue weighted by Crippen LogP contribution is -2.43. The van der Waals surface area contributed by atoms with Crippen molar-refractivity contribution in [3.63, 3.8) is 0 Å². The van der Waals surface area contributed by atoms with Crippen molar-refractivity contribution in [3.05, 3.63) is 24.3 Å². The van der Waals surface area contributed by atoms with E-state index in [1.165, 1.54) is 0 Å². The molecular formula is C13H20N4O. The average Bonchev–Trinajstić information content (AvgIpc) is 2.39. The molecule has 0 spiro atoms. The normalized spacial score (nSPS) is 20.2. The topological polar surface area (TPSA) is 49.3 Å². The van der Waals surface area contributed by atoms with Gasteiger partial charge < -0.3 is 9.80 Å². The monoisotopic (exact) mass is 248 g/mol. The summed E-state index contributed by atoms with van der Waals surface area (Å²) in [6, 6.07) is 0.0971.